The third-order valence-corrected chi connectivity index (χ3v) is 4.04. The van der Waals surface area contributed by atoms with Crippen molar-refractivity contribution in [3.8, 4) is 0 Å². The van der Waals surface area contributed by atoms with Crippen LogP contribution in [0.3, 0.4) is 0 Å². The van der Waals surface area contributed by atoms with Crippen LogP contribution >= 0.6 is 0 Å². The molecular weight excluding hydrogens is 264 g/mol. The summed E-state index contributed by atoms with van der Waals surface area (Å²) in [5.74, 6) is 0. The Morgan fingerprint density at radius 1 is 0.455 bits per heavy atom. The highest BCUT2D eigenvalue weighted by molar-refractivity contribution is 6.07. The molecule has 4 rings (SSSR count). The lowest BCUT2D eigenvalue weighted by atomic mass is 10.00. The second-order valence-electron chi connectivity index (χ2n) is 5.51. The lowest BCUT2D eigenvalue weighted by Crippen LogP contribution is -1.79. The van der Waals surface area contributed by atoms with E-state index in [2.05, 4.69) is 91.0 Å². The summed E-state index contributed by atoms with van der Waals surface area (Å²) in [4.78, 5) is 0. The third-order valence-electron chi connectivity index (χ3n) is 4.04. The fourth-order valence-electron chi connectivity index (χ4n) is 2.89. The Morgan fingerprint density at radius 2 is 1.14 bits per heavy atom. The standard InChI is InChI=1S/C22H16/c1-2-6-17(7-3-1)10-11-18-12-15-22-20(16-18)14-13-19-8-4-5-9-21(19)22/h1-16H/b11-10+. The van der Waals surface area contributed by atoms with Crippen molar-refractivity contribution in [3.63, 3.8) is 0 Å². The zero-order valence-electron chi connectivity index (χ0n) is 12.2. The summed E-state index contributed by atoms with van der Waals surface area (Å²) in [6.45, 7) is 0. The first-order valence-corrected chi connectivity index (χ1v) is 7.55. The smallest absolute Gasteiger partial charge is 0.0105 e. The van der Waals surface area contributed by atoms with Gasteiger partial charge < -0.3 is 0 Å². The number of hydrogen-bond acceptors (Lipinski definition) is 0. The van der Waals surface area contributed by atoms with Crippen LogP contribution in [0.1, 0.15) is 11.1 Å². The van der Waals surface area contributed by atoms with Crippen LogP contribution in [0.15, 0.2) is 84.9 Å². The minimum absolute atomic E-state index is 1.22. The van der Waals surface area contributed by atoms with Gasteiger partial charge in [-0.15, -0.1) is 0 Å². The predicted octanol–water partition coefficient (Wildman–Crippen LogP) is 6.16. The van der Waals surface area contributed by atoms with Gasteiger partial charge in [0.2, 0.25) is 0 Å². The van der Waals surface area contributed by atoms with Crippen LogP contribution < -0.4 is 0 Å². The van der Waals surface area contributed by atoms with E-state index in [-0.39, 0.29) is 0 Å². The Hall–Kier alpha value is -2.86. The zero-order valence-corrected chi connectivity index (χ0v) is 12.2. The molecule has 0 bridgehead atoms. The molecule has 0 radical (unpaired) electrons. The second kappa shape index (κ2) is 5.50. The minimum atomic E-state index is 1.22. The van der Waals surface area contributed by atoms with E-state index >= 15 is 0 Å². The summed E-state index contributed by atoms with van der Waals surface area (Å²) in [5, 5.41) is 5.21. The molecule has 4 aromatic carbocycles. The molecule has 0 saturated carbocycles. The maximum Gasteiger partial charge on any atom is -0.0105 e. The van der Waals surface area contributed by atoms with Gasteiger partial charge in [-0.05, 0) is 38.7 Å². The summed E-state index contributed by atoms with van der Waals surface area (Å²) in [6.07, 6.45) is 4.33. The van der Waals surface area contributed by atoms with Crippen molar-refractivity contribution < 1.29 is 0 Å². The number of hydrogen-bond donors (Lipinski definition) is 0. The highest BCUT2D eigenvalue weighted by Crippen LogP contribution is 2.26. The average molecular weight is 280 g/mol. The van der Waals surface area contributed by atoms with Gasteiger partial charge >= 0.3 is 0 Å². The van der Waals surface area contributed by atoms with E-state index in [9.17, 15) is 0 Å². The highest BCUT2D eigenvalue weighted by Gasteiger charge is 2.00. The molecule has 0 aliphatic heterocycles. The normalized spacial score (nSPS) is 11.5. The van der Waals surface area contributed by atoms with E-state index in [1.54, 1.807) is 0 Å². The first-order chi connectivity index (χ1) is 10.9. The molecule has 0 nitrogen and oxygen atoms in total. The van der Waals surface area contributed by atoms with Crippen LogP contribution in [0.2, 0.25) is 0 Å². The molecule has 0 fully saturated rings. The fraction of sp³-hybridized carbons (Fsp3) is 0. The first kappa shape index (κ1) is 12.8. The van der Waals surface area contributed by atoms with Crippen molar-refractivity contribution >= 4 is 33.7 Å². The van der Waals surface area contributed by atoms with Crippen molar-refractivity contribution in [1.29, 1.82) is 0 Å². The van der Waals surface area contributed by atoms with E-state index in [0.29, 0.717) is 0 Å². The quantitative estimate of drug-likeness (QED) is 0.304. The zero-order chi connectivity index (χ0) is 14.8. The van der Waals surface area contributed by atoms with Crippen LogP contribution in [-0.2, 0) is 0 Å². The SMILES string of the molecule is C(=C\c1ccc2c(ccc3ccccc32)c1)/c1ccccc1. The molecule has 0 heterocycles. The molecule has 0 heteroatoms. The summed E-state index contributed by atoms with van der Waals surface area (Å²) in [7, 11) is 0. The lowest BCUT2D eigenvalue weighted by molar-refractivity contribution is 1.66. The van der Waals surface area contributed by atoms with Gasteiger partial charge in [-0.1, -0.05) is 91.0 Å². The predicted molar refractivity (Wildman–Crippen MR) is 96.8 cm³/mol. The molecule has 0 atom stereocenters. The van der Waals surface area contributed by atoms with Gasteiger partial charge in [0.1, 0.15) is 0 Å². The monoisotopic (exact) mass is 280 g/mol. The minimum Gasteiger partial charge on any atom is -0.0622 e. The number of benzene rings is 4. The number of rotatable bonds is 2. The Balaban J connectivity index is 1.78. The fourth-order valence-corrected chi connectivity index (χ4v) is 2.89. The molecule has 0 unspecified atom stereocenters. The highest BCUT2D eigenvalue weighted by atomic mass is 14.0. The molecule has 0 saturated heterocycles. The van der Waals surface area contributed by atoms with Crippen LogP contribution in [0.25, 0.3) is 33.7 Å². The molecule has 4 aromatic rings. The molecule has 0 aliphatic rings. The summed E-state index contributed by atoms with van der Waals surface area (Å²) in [5.41, 5.74) is 2.45. The molecule has 22 heavy (non-hydrogen) atoms. The summed E-state index contributed by atoms with van der Waals surface area (Å²) < 4.78 is 0. The number of fused-ring (bicyclic) bond motifs is 3. The van der Waals surface area contributed by atoms with Crippen LogP contribution in [-0.4, -0.2) is 0 Å². The molecule has 0 amide bonds. The van der Waals surface area contributed by atoms with E-state index < -0.39 is 0 Å². The van der Waals surface area contributed by atoms with Gasteiger partial charge in [-0.2, -0.15) is 0 Å². The van der Waals surface area contributed by atoms with Crippen LogP contribution in [0.5, 0.6) is 0 Å². The summed E-state index contributed by atoms with van der Waals surface area (Å²) >= 11 is 0. The van der Waals surface area contributed by atoms with Gasteiger partial charge in [-0.25, -0.2) is 0 Å². The Kier molecular flexibility index (Phi) is 3.21. The topological polar surface area (TPSA) is 0 Å². The van der Waals surface area contributed by atoms with Gasteiger partial charge in [-0.3, -0.25) is 0 Å². The van der Waals surface area contributed by atoms with Crippen molar-refractivity contribution in [1.82, 2.24) is 0 Å². The Labute approximate surface area is 130 Å². The van der Waals surface area contributed by atoms with Crippen molar-refractivity contribution in [2.24, 2.45) is 0 Å². The van der Waals surface area contributed by atoms with Gasteiger partial charge in [0.25, 0.3) is 0 Å². The maximum atomic E-state index is 2.25. The van der Waals surface area contributed by atoms with Gasteiger partial charge in [0.05, 0.1) is 0 Å². The van der Waals surface area contributed by atoms with Crippen molar-refractivity contribution in [2.45, 2.75) is 0 Å². The first-order valence-electron chi connectivity index (χ1n) is 7.55. The molecule has 0 N–H and O–H groups in total. The van der Waals surface area contributed by atoms with Crippen molar-refractivity contribution in [3.05, 3.63) is 96.1 Å². The van der Waals surface area contributed by atoms with E-state index in [1.165, 1.54) is 32.7 Å². The van der Waals surface area contributed by atoms with E-state index in [0.717, 1.165) is 0 Å². The molecular formula is C22H16. The summed E-state index contributed by atoms with van der Waals surface area (Å²) in [6, 6.07) is 30.0. The molecule has 104 valence electrons. The largest absolute Gasteiger partial charge is 0.0622 e. The second-order valence-corrected chi connectivity index (χ2v) is 5.51. The lowest BCUT2D eigenvalue weighted by Gasteiger charge is -2.05. The Morgan fingerprint density at radius 3 is 2.05 bits per heavy atom. The van der Waals surface area contributed by atoms with Crippen molar-refractivity contribution in [2.75, 3.05) is 0 Å². The molecule has 0 spiro atoms. The maximum absolute atomic E-state index is 2.25. The third kappa shape index (κ3) is 2.40. The average Bonchev–Trinajstić information content (AvgIpc) is 2.60. The van der Waals surface area contributed by atoms with Gasteiger partial charge in [0.15, 0.2) is 0 Å². The van der Waals surface area contributed by atoms with E-state index in [4.69, 9.17) is 0 Å². The Bertz CT molecular complexity index is 963. The van der Waals surface area contributed by atoms with Crippen LogP contribution in [0, 0.1) is 0 Å². The van der Waals surface area contributed by atoms with Gasteiger partial charge in [0, 0.05) is 0 Å². The van der Waals surface area contributed by atoms with Crippen LogP contribution in [0.4, 0.5) is 0 Å². The molecule has 0 aliphatic carbocycles. The molecule has 0 aromatic heterocycles. The van der Waals surface area contributed by atoms with E-state index in [1.807, 2.05) is 6.07 Å².